The number of anilines is 1. The second-order valence-electron chi connectivity index (χ2n) is 5.35. The normalized spacial score (nSPS) is 10.9. The average molecular weight is 382 g/mol. The van der Waals surface area contributed by atoms with Gasteiger partial charge in [0, 0.05) is 12.1 Å². The van der Waals surface area contributed by atoms with E-state index in [9.17, 15) is 18.0 Å². The molecule has 2 rings (SSSR count). The van der Waals surface area contributed by atoms with Gasteiger partial charge in [-0.2, -0.15) is 13.2 Å². The van der Waals surface area contributed by atoms with Crippen molar-refractivity contribution in [2.24, 2.45) is 0 Å². The van der Waals surface area contributed by atoms with Crippen LogP contribution in [0, 0.1) is 0 Å². The quantitative estimate of drug-likeness (QED) is 0.575. The monoisotopic (exact) mass is 382 g/mol. The Labute approximate surface area is 154 Å². The lowest BCUT2D eigenvalue weighted by molar-refractivity contribution is -0.137. The highest BCUT2D eigenvalue weighted by Gasteiger charge is 2.30. The fourth-order valence-corrected chi connectivity index (χ4v) is 2.30. The van der Waals surface area contributed by atoms with E-state index in [0.29, 0.717) is 13.0 Å². The van der Waals surface area contributed by atoms with Gasteiger partial charge in [0.15, 0.2) is 5.11 Å². The number of hydrogen-bond donors (Lipinski definition) is 2. The Morgan fingerprint density at radius 1 is 1.08 bits per heavy atom. The molecule has 0 aliphatic heterocycles. The maximum atomic E-state index is 12.7. The maximum Gasteiger partial charge on any atom is 0.416 e. The number of thiocarbonyl (C=S) groups is 1. The third-order valence-corrected chi connectivity index (χ3v) is 3.46. The summed E-state index contributed by atoms with van der Waals surface area (Å²) in [5.41, 5.74) is -0.646. The minimum absolute atomic E-state index is 0.0571. The SMILES string of the molecule is O=C(CCCOc1ccccc1)NC(=S)Nc1cccc(C(F)(F)F)c1. The molecule has 2 aromatic rings. The molecule has 2 N–H and O–H groups in total. The predicted molar refractivity (Wildman–Crippen MR) is 97.0 cm³/mol. The van der Waals surface area contributed by atoms with Gasteiger partial charge in [-0.25, -0.2) is 0 Å². The van der Waals surface area contributed by atoms with Gasteiger partial charge in [0.1, 0.15) is 5.75 Å². The molecule has 0 aliphatic carbocycles. The van der Waals surface area contributed by atoms with Crippen molar-refractivity contribution in [3.63, 3.8) is 0 Å². The van der Waals surface area contributed by atoms with Crippen LogP contribution >= 0.6 is 12.2 Å². The van der Waals surface area contributed by atoms with Crippen molar-refractivity contribution < 1.29 is 22.7 Å². The lowest BCUT2D eigenvalue weighted by Crippen LogP contribution is -2.34. The molecule has 0 bridgehead atoms. The summed E-state index contributed by atoms with van der Waals surface area (Å²) in [5, 5.41) is 4.94. The highest BCUT2D eigenvalue weighted by Crippen LogP contribution is 2.30. The summed E-state index contributed by atoms with van der Waals surface area (Å²) < 4.78 is 43.5. The van der Waals surface area contributed by atoms with Gasteiger partial charge < -0.3 is 15.4 Å². The Morgan fingerprint density at radius 2 is 1.81 bits per heavy atom. The number of benzene rings is 2. The molecule has 0 saturated heterocycles. The van der Waals surface area contributed by atoms with E-state index in [-0.39, 0.29) is 23.1 Å². The third-order valence-electron chi connectivity index (χ3n) is 3.26. The lowest BCUT2D eigenvalue weighted by Gasteiger charge is -2.12. The highest BCUT2D eigenvalue weighted by atomic mass is 32.1. The number of halogens is 3. The van der Waals surface area contributed by atoms with Crippen molar-refractivity contribution >= 4 is 28.9 Å². The van der Waals surface area contributed by atoms with Gasteiger partial charge in [0.25, 0.3) is 0 Å². The van der Waals surface area contributed by atoms with Crippen LogP contribution in [0.1, 0.15) is 18.4 Å². The first kappa shape index (κ1) is 19.7. The van der Waals surface area contributed by atoms with Crippen LogP contribution in [0.25, 0.3) is 0 Å². The van der Waals surface area contributed by atoms with E-state index in [2.05, 4.69) is 10.6 Å². The molecule has 0 heterocycles. The molecule has 1 amide bonds. The van der Waals surface area contributed by atoms with Crippen LogP contribution < -0.4 is 15.4 Å². The fraction of sp³-hybridized carbons (Fsp3) is 0.222. The van der Waals surface area contributed by atoms with Crippen LogP contribution in [0.5, 0.6) is 5.75 Å². The molecular weight excluding hydrogens is 365 g/mol. The minimum atomic E-state index is -4.44. The topological polar surface area (TPSA) is 50.4 Å². The summed E-state index contributed by atoms with van der Waals surface area (Å²) in [6, 6.07) is 13.8. The summed E-state index contributed by atoms with van der Waals surface area (Å²) in [4.78, 5) is 11.8. The van der Waals surface area contributed by atoms with E-state index in [1.165, 1.54) is 12.1 Å². The molecule has 2 aromatic carbocycles. The van der Waals surface area contributed by atoms with Gasteiger partial charge in [-0.05, 0) is 49.0 Å². The Bertz CT molecular complexity index is 752. The van der Waals surface area contributed by atoms with Gasteiger partial charge in [0.05, 0.1) is 12.2 Å². The van der Waals surface area contributed by atoms with Crippen LogP contribution in [0.15, 0.2) is 54.6 Å². The first-order valence-electron chi connectivity index (χ1n) is 7.80. The van der Waals surface area contributed by atoms with E-state index in [1.807, 2.05) is 30.3 Å². The molecule has 138 valence electrons. The smallest absolute Gasteiger partial charge is 0.416 e. The highest BCUT2D eigenvalue weighted by molar-refractivity contribution is 7.80. The summed E-state index contributed by atoms with van der Waals surface area (Å²) in [6.07, 6.45) is -3.79. The predicted octanol–water partition coefficient (Wildman–Crippen LogP) is 4.38. The van der Waals surface area contributed by atoms with E-state index in [4.69, 9.17) is 17.0 Å². The first-order chi connectivity index (χ1) is 12.3. The molecular formula is C18H17F3N2O2S. The molecule has 0 aromatic heterocycles. The first-order valence-corrected chi connectivity index (χ1v) is 8.21. The molecule has 26 heavy (non-hydrogen) atoms. The summed E-state index contributed by atoms with van der Waals surface area (Å²) in [5.74, 6) is 0.376. The van der Waals surface area contributed by atoms with E-state index in [0.717, 1.165) is 17.9 Å². The molecule has 0 aliphatic rings. The zero-order valence-corrected chi connectivity index (χ0v) is 14.5. The van der Waals surface area contributed by atoms with Gasteiger partial charge in [0.2, 0.25) is 5.91 Å². The van der Waals surface area contributed by atoms with E-state index < -0.39 is 11.7 Å². The summed E-state index contributed by atoms with van der Waals surface area (Å²) in [6.45, 7) is 0.366. The molecule has 0 unspecified atom stereocenters. The number of carbonyl (C=O) groups is 1. The zero-order valence-electron chi connectivity index (χ0n) is 13.7. The molecule has 8 heteroatoms. The number of rotatable bonds is 6. The van der Waals surface area contributed by atoms with Crippen LogP contribution in [0.3, 0.4) is 0 Å². The largest absolute Gasteiger partial charge is 0.494 e. The second-order valence-corrected chi connectivity index (χ2v) is 5.75. The number of nitrogens with one attached hydrogen (secondary N) is 2. The van der Waals surface area contributed by atoms with Gasteiger partial charge in [-0.1, -0.05) is 24.3 Å². The molecule has 0 fully saturated rings. The van der Waals surface area contributed by atoms with Gasteiger partial charge in [-0.15, -0.1) is 0 Å². The fourth-order valence-electron chi connectivity index (χ4n) is 2.06. The van der Waals surface area contributed by atoms with Crippen molar-refractivity contribution in [1.82, 2.24) is 5.32 Å². The number of carbonyl (C=O) groups excluding carboxylic acids is 1. The third kappa shape index (κ3) is 6.72. The van der Waals surface area contributed by atoms with Crippen molar-refractivity contribution in [3.05, 3.63) is 60.2 Å². The van der Waals surface area contributed by atoms with E-state index >= 15 is 0 Å². The van der Waals surface area contributed by atoms with Crippen LogP contribution in [-0.4, -0.2) is 17.6 Å². The Hall–Kier alpha value is -2.61. The maximum absolute atomic E-state index is 12.7. The number of alkyl halides is 3. The van der Waals surface area contributed by atoms with Crippen molar-refractivity contribution in [2.45, 2.75) is 19.0 Å². The Balaban J connectivity index is 1.73. The minimum Gasteiger partial charge on any atom is -0.494 e. The van der Waals surface area contributed by atoms with E-state index in [1.54, 1.807) is 0 Å². The molecule has 4 nitrogen and oxygen atoms in total. The van der Waals surface area contributed by atoms with Crippen molar-refractivity contribution in [3.8, 4) is 5.75 Å². The molecule has 0 saturated carbocycles. The Morgan fingerprint density at radius 3 is 2.50 bits per heavy atom. The number of ether oxygens (including phenoxy) is 1. The van der Waals surface area contributed by atoms with Crippen molar-refractivity contribution in [2.75, 3.05) is 11.9 Å². The Kier molecular flexibility index (Phi) is 6.97. The molecule has 0 spiro atoms. The van der Waals surface area contributed by atoms with Crippen LogP contribution in [0.2, 0.25) is 0 Å². The van der Waals surface area contributed by atoms with Crippen molar-refractivity contribution in [1.29, 1.82) is 0 Å². The lowest BCUT2D eigenvalue weighted by atomic mass is 10.2. The summed E-state index contributed by atoms with van der Waals surface area (Å²) >= 11 is 4.95. The second kappa shape index (κ2) is 9.19. The number of hydrogen-bond acceptors (Lipinski definition) is 3. The summed E-state index contributed by atoms with van der Waals surface area (Å²) in [7, 11) is 0. The standard InChI is InChI=1S/C18H17F3N2O2S/c19-18(20,21)13-6-4-7-14(12-13)22-17(26)23-16(24)10-5-11-25-15-8-2-1-3-9-15/h1-4,6-9,12H,5,10-11H2,(H2,22,23,24,26). The molecule has 0 radical (unpaired) electrons. The van der Waals surface area contributed by atoms with Crippen LogP contribution in [0.4, 0.5) is 18.9 Å². The number of para-hydroxylation sites is 1. The van der Waals surface area contributed by atoms with Crippen LogP contribution in [-0.2, 0) is 11.0 Å². The van der Waals surface area contributed by atoms with Gasteiger partial charge in [-0.3, -0.25) is 4.79 Å². The van der Waals surface area contributed by atoms with Gasteiger partial charge >= 0.3 is 6.18 Å². The average Bonchev–Trinajstić information content (AvgIpc) is 2.59. The zero-order chi connectivity index (χ0) is 19.0. The number of amides is 1. The molecule has 0 atom stereocenters.